The van der Waals surface area contributed by atoms with Gasteiger partial charge in [-0.2, -0.15) is 0 Å². The highest BCUT2D eigenvalue weighted by atomic mass is 16.5. The van der Waals surface area contributed by atoms with Crippen LogP contribution in [0, 0.1) is 5.41 Å². The number of nitrogens with one attached hydrogen (secondary N) is 1. The van der Waals surface area contributed by atoms with Gasteiger partial charge in [-0.25, -0.2) is 0 Å². The van der Waals surface area contributed by atoms with E-state index in [1.54, 1.807) is 0 Å². The summed E-state index contributed by atoms with van der Waals surface area (Å²) in [6.07, 6.45) is 5.72. The molecule has 0 spiro atoms. The number of esters is 1. The molecule has 4 nitrogen and oxygen atoms in total. The average molecular weight is 211 g/mol. The first kappa shape index (κ1) is 10.5. The Balaban J connectivity index is 1.92. The minimum absolute atomic E-state index is 0.124. The first-order chi connectivity index (χ1) is 7.19. The molecule has 0 unspecified atom stereocenters. The Kier molecular flexibility index (Phi) is 2.67. The van der Waals surface area contributed by atoms with Gasteiger partial charge in [0, 0.05) is 6.04 Å². The summed E-state index contributed by atoms with van der Waals surface area (Å²) in [5.74, 6) is -0.501. The summed E-state index contributed by atoms with van der Waals surface area (Å²) in [5.41, 5.74) is -0.836. The van der Waals surface area contributed by atoms with Crippen LogP contribution in [-0.4, -0.2) is 25.0 Å². The van der Waals surface area contributed by atoms with Gasteiger partial charge in [0.05, 0.1) is 7.11 Å². The molecule has 0 aromatic heterocycles. The fourth-order valence-electron chi connectivity index (χ4n) is 2.24. The van der Waals surface area contributed by atoms with Crippen molar-refractivity contribution in [1.29, 1.82) is 0 Å². The molecule has 0 saturated heterocycles. The lowest BCUT2D eigenvalue weighted by molar-refractivity contribution is -0.152. The Morgan fingerprint density at radius 3 is 2.33 bits per heavy atom. The predicted molar refractivity (Wildman–Crippen MR) is 54.1 cm³/mol. The Labute approximate surface area is 89.4 Å². The molecule has 2 aliphatic rings. The lowest BCUT2D eigenvalue weighted by Crippen LogP contribution is -2.42. The highest BCUT2D eigenvalue weighted by Gasteiger charge is 2.58. The molecule has 2 saturated carbocycles. The van der Waals surface area contributed by atoms with Gasteiger partial charge in [0.2, 0.25) is 5.91 Å². The minimum Gasteiger partial charge on any atom is -0.468 e. The third-order valence-corrected chi connectivity index (χ3v) is 3.45. The number of rotatable bonds is 3. The first-order valence-corrected chi connectivity index (χ1v) is 5.58. The molecular weight excluding hydrogens is 194 g/mol. The van der Waals surface area contributed by atoms with Crippen molar-refractivity contribution in [2.24, 2.45) is 5.41 Å². The molecule has 15 heavy (non-hydrogen) atoms. The molecule has 84 valence electrons. The molecule has 0 atom stereocenters. The second-order valence-corrected chi connectivity index (χ2v) is 4.53. The molecule has 0 radical (unpaired) electrons. The number of amides is 1. The minimum atomic E-state index is -0.836. The van der Waals surface area contributed by atoms with Gasteiger partial charge in [-0.3, -0.25) is 9.59 Å². The molecule has 0 aromatic carbocycles. The summed E-state index contributed by atoms with van der Waals surface area (Å²) < 4.78 is 4.66. The molecule has 0 heterocycles. The van der Waals surface area contributed by atoms with E-state index >= 15 is 0 Å². The van der Waals surface area contributed by atoms with Crippen LogP contribution in [0.15, 0.2) is 0 Å². The van der Waals surface area contributed by atoms with Crippen LogP contribution in [-0.2, 0) is 14.3 Å². The van der Waals surface area contributed by atoms with Crippen LogP contribution >= 0.6 is 0 Å². The van der Waals surface area contributed by atoms with Gasteiger partial charge in [-0.05, 0) is 25.7 Å². The Morgan fingerprint density at radius 1 is 1.27 bits per heavy atom. The molecule has 2 fully saturated rings. The number of hydrogen-bond acceptors (Lipinski definition) is 3. The smallest absolute Gasteiger partial charge is 0.321 e. The zero-order valence-electron chi connectivity index (χ0n) is 9.04. The van der Waals surface area contributed by atoms with Crippen molar-refractivity contribution in [3.8, 4) is 0 Å². The van der Waals surface area contributed by atoms with Crippen molar-refractivity contribution in [2.75, 3.05) is 7.11 Å². The average Bonchev–Trinajstić information content (AvgIpc) is 2.91. The summed E-state index contributed by atoms with van der Waals surface area (Å²) in [5, 5.41) is 2.96. The summed E-state index contributed by atoms with van der Waals surface area (Å²) in [7, 11) is 1.34. The molecule has 1 N–H and O–H groups in total. The largest absolute Gasteiger partial charge is 0.468 e. The van der Waals surface area contributed by atoms with Crippen molar-refractivity contribution in [1.82, 2.24) is 5.32 Å². The standard InChI is InChI=1S/C11H17NO3/c1-15-10(14)11(6-7-11)9(13)12-8-4-2-3-5-8/h8H,2-7H2,1H3,(H,12,13). The molecule has 1 amide bonds. The Bertz CT molecular complexity index is 278. The van der Waals surface area contributed by atoms with Crippen molar-refractivity contribution in [2.45, 2.75) is 44.6 Å². The monoisotopic (exact) mass is 211 g/mol. The quantitative estimate of drug-likeness (QED) is 0.559. The summed E-state index contributed by atoms with van der Waals surface area (Å²) in [4.78, 5) is 23.3. The number of carbonyl (C=O) groups excluding carboxylic acids is 2. The van der Waals surface area contributed by atoms with Gasteiger partial charge in [-0.15, -0.1) is 0 Å². The predicted octanol–water partition coefficient (Wildman–Crippen LogP) is 0.998. The summed E-state index contributed by atoms with van der Waals surface area (Å²) >= 11 is 0. The van der Waals surface area contributed by atoms with E-state index in [1.165, 1.54) is 20.0 Å². The van der Waals surface area contributed by atoms with E-state index in [9.17, 15) is 9.59 Å². The zero-order valence-corrected chi connectivity index (χ0v) is 9.04. The maximum absolute atomic E-state index is 11.9. The summed E-state index contributed by atoms with van der Waals surface area (Å²) in [6, 6.07) is 0.277. The second kappa shape index (κ2) is 3.83. The SMILES string of the molecule is COC(=O)C1(C(=O)NC2CCCC2)CC1. The highest BCUT2D eigenvalue weighted by Crippen LogP contribution is 2.47. The fraction of sp³-hybridized carbons (Fsp3) is 0.818. The van der Waals surface area contributed by atoms with Gasteiger partial charge in [0.1, 0.15) is 5.41 Å². The Hall–Kier alpha value is -1.06. The lowest BCUT2D eigenvalue weighted by Gasteiger charge is -2.17. The lowest BCUT2D eigenvalue weighted by atomic mass is 10.1. The van der Waals surface area contributed by atoms with E-state index in [1.807, 2.05) is 0 Å². The highest BCUT2D eigenvalue weighted by molar-refractivity contribution is 6.05. The van der Waals surface area contributed by atoms with Crippen LogP contribution in [0.1, 0.15) is 38.5 Å². The van der Waals surface area contributed by atoms with Gasteiger partial charge in [0.25, 0.3) is 0 Å². The maximum Gasteiger partial charge on any atom is 0.321 e. The zero-order chi connectivity index (χ0) is 10.9. The Morgan fingerprint density at radius 2 is 1.87 bits per heavy atom. The van der Waals surface area contributed by atoms with Crippen LogP contribution in [0.2, 0.25) is 0 Å². The van der Waals surface area contributed by atoms with Gasteiger partial charge in [-0.1, -0.05) is 12.8 Å². The van der Waals surface area contributed by atoms with Crippen LogP contribution in [0.25, 0.3) is 0 Å². The van der Waals surface area contributed by atoms with Gasteiger partial charge >= 0.3 is 5.97 Å². The molecule has 0 aliphatic heterocycles. The third-order valence-electron chi connectivity index (χ3n) is 3.45. The number of hydrogen-bond donors (Lipinski definition) is 1. The number of ether oxygens (including phenoxy) is 1. The second-order valence-electron chi connectivity index (χ2n) is 4.53. The van der Waals surface area contributed by atoms with Crippen LogP contribution < -0.4 is 5.32 Å². The van der Waals surface area contributed by atoms with Crippen molar-refractivity contribution in [3.05, 3.63) is 0 Å². The van der Waals surface area contributed by atoms with Gasteiger partial charge in [0.15, 0.2) is 0 Å². The van der Waals surface area contributed by atoms with Crippen molar-refractivity contribution in [3.63, 3.8) is 0 Å². The van der Waals surface area contributed by atoms with Crippen LogP contribution in [0.4, 0.5) is 0 Å². The first-order valence-electron chi connectivity index (χ1n) is 5.58. The van der Waals surface area contributed by atoms with E-state index in [0.29, 0.717) is 12.8 Å². The van der Waals surface area contributed by atoms with Crippen LogP contribution in [0.3, 0.4) is 0 Å². The number of methoxy groups -OCH3 is 1. The van der Waals surface area contributed by atoms with E-state index in [2.05, 4.69) is 10.1 Å². The molecule has 2 rings (SSSR count). The van der Waals surface area contributed by atoms with E-state index < -0.39 is 5.41 Å². The van der Waals surface area contributed by atoms with E-state index in [0.717, 1.165) is 12.8 Å². The molecule has 4 heteroatoms. The topological polar surface area (TPSA) is 55.4 Å². The molecular formula is C11H17NO3. The maximum atomic E-state index is 11.9. The molecule has 2 aliphatic carbocycles. The summed E-state index contributed by atoms with van der Waals surface area (Å²) in [6.45, 7) is 0. The third kappa shape index (κ3) is 1.85. The van der Waals surface area contributed by atoms with Gasteiger partial charge < -0.3 is 10.1 Å². The van der Waals surface area contributed by atoms with Crippen molar-refractivity contribution >= 4 is 11.9 Å². The normalized spacial score (nSPS) is 23.5. The number of carbonyl (C=O) groups is 2. The van der Waals surface area contributed by atoms with E-state index in [4.69, 9.17) is 0 Å². The van der Waals surface area contributed by atoms with E-state index in [-0.39, 0.29) is 17.9 Å². The molecule has 0 bridgehead atoms. The van der Waals surface area contributed by atoms with Crippen molar-refractivity contribution < 1.29 is 14.3 Å². The fourth-order valence-corrected chi connectivity index (χ4v) is 2.24. The van der Waals surface area contributed by atoms with Crippen LogP contribution in [0.5, 0.6) is 0 Å². The molecule has 0 aromatic rings.